The molecule has 1 rings (SSSR count). The Bertz CT molecular complexity index is 347. The molecule has 1 aromatic carbocycles. The number of benzene rings is 1. The first kappa shape index (κ1) is 12.6. The lowest BCUT2D eigenvalue weighted by atomic mass is 10.1. The fourth-order valence-corrected chi connectivity index (χ4v) is 1.40. The Balaban J connectivity index is 2.92. The molecule has 0 fully saturated rings. The van der Waals surface area contributed by atoms with E-state index in [4.69, 9.17) is 9.47 Å². The lowest BCUT2D eigenvalue weighted by Gasteiger charge is -2.13. The van der Waals surface area contributed by atoms with E-state index in [9.17, 15) is 5.11 Å². The Hall–Kier alpha value is -1.48. The summed E-state index contributed by atoms with van der Waals surface area (Å²) in [6.45, 7) is 5.95. The zero-order chi connectivity index (χ0) is 12.0. The highest BCUT2D eigenvalue weighted by molar-refractivity contribution is 5.43. The topological polar surface area (TPSA) is 38.7 Å². The van der Waals surface area contributed by atoms with Gasteiger partial charge < -0.3 is 14.6 Å². The molecular weight excluding hydrogens is 204 g/mol. The summed E-state index contributed by atoms with van der Waals surface area (Å²) in [6.07, 6.45) is 1.90. The fourth-order valence-electron chi connectivity index (χ4n) is 1.40. The highest BCUT2D eigenvalue weighted by Crippen LogP contribution is 2.31. The average Bonchev–Trinajstić information content (AvgIpc) is 2.35. The zero-order valence-corrected chi connectivity index (χ0v) is 9.77. The molecule has 0 spiro atoms. The van der Waals surface area contributed by atoms with Gasteiger partial charge in [0.15, 0.2) is 11.5 Å². The minimum absolute atomic E-state index is 0.437. The minimum atomic E-state index is -0.456. The SMILES string of the molecule is C=CCOc1ccc([C@@H](O)CC)cc1OC. The molecule has 0 saturated heterocycles. The maximum atomic E-state index is 9.70. The average molecular weight is 222 g/mol. The van der Waals surface area contributed by atoms with Crippen molar-refractivity contribution < 1.29 is 14.6 Å². The Morgan fingerprint density at radius 2 is 2.19 bits per heavy atom. The molecule has 3 heteroatoms. The van der Waals surface area contributed by atoms with E-state index < -0.39 is 6.10 Å². The van der Waals surface area contributed by atoms with E-state index in [0.717, 1.165) is 5.56 Å². The third-order valence-corrected chi connectivity index (χ3v) is 2.32. The summed E-state index contributed by atoms with van der Waals surface area (Å²) >= 11 is 0. The van der Waals surface area contributed by atoms with Crippen LogP contribution in [0.3, 0.4) is 0 Å². The van der Waals surface area contributed by atoms with Crippen LogP contribution in [0.25, 0.3) is 0 Å². The smallest absolute Gasteiger partial charge is 0.161 e. The molecule has 1 atom stereocenters. The summed E-state index contributed by atoms with van der Waals surface area (Å²) in [5.41, 5.74) is 0.838. The Morgan fingerprint density at radius 1 is 1.44 bits per heavy atom. The van der Waals surface area contributed by atoms with Gasteiger partial charge in [0, 0.05) is 0 Å². The van der Waals surface area contributed by atoms with Crippen LogP contribution in [0, 0.1) is 0 Å². The van der Waals surface area contributed by atoms with Gasteiger partial charge in [-0.25, -0.2) is 0 Å². The van der Waals surface area contributed by atoms with Gasteiger partial charge in [0.05, 0.1) is 13.2 Å². The van der Waals surface area contributed by atoms with Crippen molar-refractivity contribution in [1.82, 2.24) is 0 Å². The number of ether oxygens (including phenoxy) is 2. The van der Waals surface area contributed by atoms with E-state index in [2.05, 4.69) is 6.58 Å². The molecule has 0 aliphatic rings. The monoisotopic (exact) mass is 222 g/mol. The second-order valence-corrected chi connectivity index (χ2v) is 3.43. The third-order valence-electron chi connectivity index (χ3n) is 2.32. The largest absolute Gasteiger partial charge is 0.493 e. The van der Waals surface area contributed by atoms with E-state index in [1.807, 2.05) is 13.0 Å². The number of methoxy groups -OCH3 is 1. The molecule has 0 radical (unpaired) electrons. The molecule has 0 aromatic heterocycles. The predicted octanol–water partition coefficient (Wildman–Crippen LogP) is 2.70. The molecule has 88 valence electrons. The maximum Gasteiger partial charge on any atom is 0.161 e. The number of aliphatic hydroxyl groups excluding tert-OH is 1. The van der Waals surface area contributed by atoms with Crippen LogP contribution < -0.4 is 9.47 Å². The summed E-state index contributed by atoms with van der Waals surface area (Å²) in [5.74, 6) is 1.29. The Kier molecular flexibility index (Phi) is 4.86. The molecule has 0 aliphatic carbocycles. The van der Waals surface area contributed by atoms with Gasteiger partial charge in [0.25, 0.3) is 0 Å². The van der Waals surface area contributed by atoms with Gasteiger partial charge in [-0.15, -0.1) is 0 Å². The van der Waals surface area contributed by atoms with E-state index in [0.29, 0.717) is 24.5 Å². The summed E-state index contributed by atoms with van der Waals surface area (Å²) in [4.78, 5) is 0. The van der Waals surface area contributed by atoms with E-state index >= 15 is 0 Å². The van der Waals surface area contributed by atoms with Crippen molar-refractivity contribution >= 4 is 0 Å². The maximum absolute atomic E-state index is 9.70. The molecule has 0 saturated carbocycles. The van der Waals surface area contributed by atoms with Crippen LogP contribution in [-0.2, 0) is 0 Å². The summed E-state index contributed by atoms with van der Waals surface area (Å²) in [6, 6.07) is 5.44. The molecule has 0 aliphatic heterocycles. The lowest BCUT2D eigenvalue weighted by Crippen LogP contribution is -1.99. The second kappa shape index (κ2) is 6.18. The normalized spacial score (nSPS) is 11.9. The molecule has 0 heterocycles. The number of aliphatic hydroxyl groups is 1. The van der Waals surface area contributed by atoms with Gasteiger partial charge in [-0.2, -0.15) is 0 Å². The van der Waals surface area contributed by atoms with Gasteiger partial charge >= 0.3 is 0 Å². The molecule has 0 amide bonds. The van der Waals surface area contributed by atoms with Crippen molar-refractivity contribution in [2.24, 2.45) is 0 Å². The number of rotatable bonds is 6. The summed E-state index contributed by atoms with van der Waals surface area (Å²) in [7, 11) is 1.58. The van der Waals surface area contributed by atoms with Gasteiger partial charge in [-0.1, -0.05) is 25.6 Å². The van der Waals surface area contributed by atoms with Crippen molar-refractivity contribution in [3.8, 4) is 11.5 Å². The Labute approximate surface area is 96.3 Å². The quantitative estimate of drug-likeness (QED) is 0.752. The predicted molar refractivity (Wildman–Crippen MR) is 63.9 cm³/mol. The summed E-state index contributed by atoms with van der Waals surface area (Å²) < 4.78 is 10.6. The molecular formula is C13H18O3. The van der Waals surface area contributed by atoms with Crippen molar-refractivity contribution in [1.29, 1.82) is 0 Å². The molecule has 0 unspecified atom stereocenters. The molecule has 1 aromatic rings. The van der Waals surface area contributed by atoms with E-state index in [1.54, 1.807) is 25.3 Å². The fraction of sp³-hybridized carbons (Fsp3) is 0.385. The highest BCUT2D eigenvalue weighted by Gasteiger charge is 2.10. The minimum Gasteiger partial charge on any atom is -0.493 e. The zero-order valence-electron chi connectivity index (χ0n) is 9.77. The van der Waals surface area contributed by atoms with E-state index in [-0.39, 0.29) is 0 Å². The van der Waals surface area contributed by atoms with Gasteiger partial charge in [0.1, 0.15) is 6.61 Å². The van der Waals surface area contributed by atoms with Crippen molar-refractivity contribution in [3.05, 3.63) is 36.4 Å². The third kappa shape index (κ3) is 3.00. The number of hydrogen-bond acceptors (Lipinski definition) is 3. The molecule has 1 N–H and O–H groups in total. The standard InChI is InChI=1S/C13H18O3/c1-4-8-16-12-7-6-10(11(14)5-2)9-13(12)15-3/h4,6-7,9,11,14H,1,5,8H2,2-3H3/t11-/m0/s1. The van der Waals surface area contributed by atoms with Gasteiger partial charge in [0.2, 0.25) is 0 Å². The summed E-state index contributed by atoms with van der Waals surface area (Å²) in [5, 5.41) is 9.70. The van der Waals surface area contributed by atoms with Crippen LogP contribution in [0.15, 0.2) is 30.9 Å². The van der Waals surface area contributed by atoms with Crippen molar-refractivity contribution in [3.63, 3.8) is 0 Å². The van der Waals surface area contributed by atoms with Gasteiger partial charge in [-0.3, -0.25) is 0 Å². The van der Waals surface area contributed by atoms with Crippen LogP contribution >= 0.6 is 0 Å². The van der Waals surface area contributed by atoms with Crippen LogP contribution in [-0.4, -0.2) is 18.8 Å². The molecule has 3 nitrogen and oxygen atoms in total. The van der Waals surface area contributed by atoms with E-state index in [1.165, 1.54) is 0 Å². The Morgan fingerprint density at radius 3 is 2.75 bits per heavy atom. The van der Waals surface area contributed by atoms with Gasteiger partial charge in [-0.05, 0) is 24.1 Å². The highest BCUT2D eigenvalue weighted by atomic mass is 16.5. The van der Waals surface area contributed by atoms with Crippen molar-refractivity contribution in [2.75, 3.05) is 13.7 Å². The first-order valence-corrected chi connectivity index (χ1v) is 5.32. The lowest BCUT2D eigenvalue weighted by molar-refractivity contribution is 0.173. The number of hydrogen-bond donors (Lipinski definition) is 1. The van der Waals surface area contributed by atoms with Crippen molar-refractivity contribution in [2.45, 2.75) is 19.4 Å². The second-order valence-electron chi connectivity index (χ2n) is 3.43. The van der Waals surface area contributed by atoms with Crippen LogP contribution in [0.5, 0.6) is 11.5 Å². The molecule has 16 heavy (non-hydrogen) atoms. The van der Waals surface area contributed by atoms with Crippen LogP contribution in [0.4, 0.5) is 0 Å². The first-order chi connectivity index (χ1) is 7.72. The van der Waals surface area contributed by atoms with Crippen LogP contribution in [0.2, 0.25) is 0 Å². The molecule has 0 bridgehead atoms. The van der Waals surface area contributed by atoms with Crippen LogP contribution in [0.1, 0.15) is 25.0 Å². The first-order valence-electron chi connectivity index (χ1n) is 5.32.